The molecule has 1 fully saturated rings. The maximum atomic E-state index is 12.6. The summed E-state index contributed by atoms with van der Waals surface area (Å²) in [5, 5.41) is 0. The van der Waals surface area contributed by atoms with E-state index in [2.05, 4.69) is 0 Å². The van der Waals surface area contributed by atoms with Gasteiger partial charge in [0.1, 0.15) is 4.21 Å². The molecule has 108 valence electrons. The summed E-state index contributed by atoms with van der Waals surface area (Å²) in [6.45, 7) is 8.97. The van der Waals surface area contributed by atoms with Gasteiger partial charge >= 0.3 is 0 Å². The maximum absolute atomic E-state index is 12.6. The van der Waals surface area contributed by atoms with Crippen LogP contribution in [0.1, 0.15) is 30.7 Å². The van der Waals surface area contributed by atoms with Crippen LogP contribution in [0.15, 0.2) is 10.3 Å². The summed E-state index contributed by atoms with van der Waals surface area (Å²) in [5.41, 5.74) is 6.93. The van der Waals surface area contributed by atoms with Gasteiger partial charge < -0.3 is 5.73 Å². The highest BCUT2D eigenvalue weighted by atomic mass is 32.2. The molecule has 2 heterocycles. The van der Waals surface area contributed by atoms with Crippen molar-refractivity contribution >= 4 is 21.4 Å². The molecule has 0 saturated carbocycles. The zero-order valence-electron chi connectivity index (χ0n) is 11.9. The Morgan fingerprint density at radius 2 is 2.05 bits per heavy atom. The van der Waals surface area contributed by atoms with Crippen LogP contribution in [0.2, 0.25) is 0 Å². The monoisotopic (exact) mass is 302 g/mol. The largest absolute Gasteiger partial charge is 0.327 e. The van der Waals surface area contributed by atoms with Gasteiger partial charge in [0, 0.05) is 24.0 Å². The van der Waals surface area contributed by atoms with E-state index in [4.69, 9.17) is 5.73 Å². The average molecular weight is 302 g/mol. The van der Waals surface area contributed by atoms with Crippen LogP contribution in [-0.2, 0) is 10.0 Å². The van der Waals surface area contributed by atoms with Crippen molar-refractivity contribution in [2.24, 2.45) is 11.1 Å². The van der Waals surface area contributed by atoms with Gasteiger partial charge in [-0.25, -0.2) is 8.42 Å². The van der Waals surface area contributed by atoms with Crippen LogP contribution >= 0.6 is 11.3 Å². The van der Waals surface area contributed by atoms with Gasteiger partial charge in [0.2, 0.25) is 0 Å². The van der Waals surface area contributed by atoms with Crippen molar-refractivity contribution in [3.05, 3.63) is 16.5 Å². The van der Waals surface area contributed by atoms with E-state index in [1.165, 1.54) is 11.3 Å². The van der Waals surface area contributed by atoms with E-state index >= 15 is 0 Å². The summed E-state index contributed by atoms with van der Waals surface area (Å²) < 4.78 is 27.3. The summed E-state index contributed by atoms with van der Waals surface area (Å²) in [5.74, 6) is 0. The van der Waals surface area contributed by atoms with Crippen molar-refractivity contribution in [3.63, 3.8) is 0 Å². The van der Waals surface area contributed by atoms with Crippen molar-refractivity contribution in [1.82, 2.24) is 4.31 Å². The first kappa shape index (κ1) is 15.0. The summed E-state index contributed by atoms with van der Waals surface area (Å²) >= 11 is 1.36. The lowest BCUT2D eigenvalue weighted by Crippen LogP contribution is -2.53. The van der Waals surface area contributed by atoms with Crippen LogP contribution in [0, 0.1) is 19.3 Å². The Kier molecular flexibility index (Phi) is 3.81. The lowest BCUT2D eigenvalue weighted by Gasteiger charge is -2.41. The smallest absolute Gasteiger partial charge is 0.252 e. The third-order valence-corrected chi connectivity index (χ3v) is 7.46. The number of piperidine rings is 1. The molecule has 1 aromatic heterocycles. The number of hydrogen-bond acceptors (Lipinski definition) is 4. The van der Waals surface area contributed by atoms with Crippen LogP contribution in [-0.4, -0.2) is 31.9 Å². The highest BCUT2D eigenvalue weighted by Crippen LogP contribution is 2.34. The third kappa shape index (κ3) is 2.72. The normalized spacial score (nSPS) is 24.6. The van der Waals surface area contributed by atoms with Gasteiger partial charge in [-0.2, -0.15) is 4.31 Å². The molecule has 0 spiro atoms. The molecule has 0 aromatic carbocycles. The molecule has 0 radical (unpaired) electrons. The van der Waals surface area contributed by atoms with Crippen molar-refractivity contribution in [3.8, 4) is 0 Å². The first-order valence-electron chi connectivity index (χ1n) is 6.47. The number of nitrogens with two attached hydrogens (primary N) is 1. The number of nitrogens with zero attached hydrogens (tertiary/aromatic N) is 1. The van der Waals surface area contributed by atoms with Gasteiger partial charge in [0.25, 0.3) is 10.0 Å². The molecule has 19 heavy (non-hydrogen) atoms. The summed E-state index contributed by atoms with van der Waals surface area (Å²) in [7, 11) is -3.36. The molecule has 2 N–H and O–H groups in total. The molecule has 1 unspecified atom stereocenters. The second-order valence-electron chi connectivity index (χ2n) is 6.03. The molecule has 1 aromatic rings. The first-order valence-corrected chi connectivity index (χ1v) is 8.73. The highest BCUT2D eigenvalue weighted by molar-refractivity contribution is 7.91. The zero-order valence-corrected chi connectivity index (χ0v) is 13.6. The number of aryl methyl sites for hydroxylation is 2. The molecule has 0 bridgehead atoms. The van der Waals surface area contributed by atoms with Crippen LogP contribution in [0.3, 0.4) is 0 Å². The van der Waals surface area contributed by atoms with Crippen LogP contribution in [0.25, 0.3) is 0 Å². The summed E-state index contributed by atoms with van der Waals surface area (Å²) in [4.78, 5) is 1.06. The Labute approximate surface area is 119 Å². The van der Waals surface area contributed by atoms with Gasteiger partial charge in [-0.05, 0) is 37.3 Å². The minimum Gasteiger partial charge on any atom is -0.327 e. The van der Waals surface area contributed by atoms with E-state index in [0.29, 0.717) is 17.3 Å². The van der Waals surface area contributed by atoms with E-state index in [-0.39, 0.29) is 11.5 Å². The Morgan fingerprint density at radius 3 is 2.53 bits per heavy atom. The minimum absolute atomic E-state index is 0.0609. The van der Waals surface area contributed by atoms with Crippen LogP contribution in [0.4, 0.5) is 0 Å². The highest BCUT2D eigenvalue weighted by Gasteiger charge is 2.39. The Bertz CT molecular complexity index is 556. The average Bonchev–Trinajstić information content (AvgIpc) is 2.63. The molecule has 2 rings (SSSR count). The van der Waals surface area contributed by atoms with Crippen molar-refractivity contribution in [2.75, 3.05) is 13.1 Å². The minimum atomic E-state index is -3.36. The molecule has 4 nitrogen and oxygen atoms in total. The van der Waals surface area contributed by atoms with Crippen molar-refractivity contribution in [1.29, 1.82) is 0 Å². The number of rotatable bonds is 2. The van der Waals surface area contributed by atoms with E-state index in [0.717, 1.165) is 16.9 Å². The molecular weight excluding hydrogens is 280 g/mol. The fourth-order valence-electron chi connectivity index (χ4n) is 2.32. The standard InChI is InChI=1S/C13H22N2O2S2/c1-9-7-12(18-10(9)2)19(16,17)15-6-5-11(14)13(3,4)8-15/h7,11H,5-6,8,14H2,1-4H3. The van der Waals surface area contributed by atoms with Gasteiger partial charge in [-0.3, -0.25) is 0 Å². The topological polar surface area (TPSA) is 63.4 Å². The molecule has 1 aliphatic heterocycles. The molecule has 0 aliphatic carbocycles. The summed E-state index contributed by atoms with van der Waals surface area (Å²) in [6.07, 6.45) is 0.718. The lowest BCUT2D eigenvalue weighted by atomic mass is 9.81. The third-order valence-electron chi connectivity index (χ3n) is 4.01. The second-order valence-corrected chi connectivity index (χ2v) is 9.45. The number of hydrogen-bond donors (Lipinski definition) is 1. The van der Waals surface area contributed by atoms with Gasteiger partial charge in [0.05, 0.1) is 0 Å². The fraction of sp³-hybridized carbons (Fsp3) is 0.692. The van der Waals surface area contributed by atoms with Crippen LogP contribution < -0.4 is 5.73 Å². The van der Waals surface area contributed by atoms with E-state index in [1.807, 2.05) is 27.7 Å². The van der Waals surface area contributed by atoms with Gasteiger partial charge in [0.15, 0.2) is 0 Å². The quantitative estimate of drug-likeness (QED) is 0.910. The molecule has 1 atom stereocenters. The predicted octanol–water partition coefficient (Wildman–Crippen LogP) is 2.11. The van der Waals surface area contributed by atoms with Gasteiger partial charge in [-0.15, -0.1) is 11.3 Å². The van der Waals surface area contributed by atoms with Crippen LogP contribution in [0.5, 0.6) is 0 Å². The Morgan fingerprint density at radius 1 is 1.42 bits per heavy atom. The summed E-state index contributed by atoms with van der Waals surface area (Å²) in [6, 6.07) is 1.84. The SMILES string of the molecule is Cc1cc(S(=O)(=O)N2CCC(N)C(C)(C)C2)sc1C. The first-order chi connectivity index (χ1) is 8.64. The Balaban J connectivity index is 2.31. The molecule has 1 aliphatic rings. The maximum Gasteiger partial charge on any atom is 0.252 e. The molecular formula is C13H22N2O2S2. The number of thiophene rings is 1. The van der Waals surface area contributed by atoms with Gasteiger partial charge in [-0.1, -0.05) is 13.8 Å². The fourth-order valence-corrected chi connectivity index (χ4v) is 5.62. The van der Waals surface area contributed by atoms with Crippen molar-refractivity contribution < 1.29 is 8.42 Å². The van der Waals surface area contributed by atoms with E-state index in [9.17, 15) is 8.42 Å². The second kappa shape index (κ2) is 4.84. The molecule has 1 saturated heterocycles. The predicted molar refractivity (Wildman–Crippen MR) is 78.9 cm³/mol. The Hall–Kier alpha value is -0.430. The van der Waals surface area contributed by atoms with E-state index < -0.39 is 10.0 Å². The molecule has 6 heteroatoms. The number of sulfonamides is 1. The molecule has 0 amide bonds. The lowest BCUT2D eigenvalue weighted by molar-refractivity contribution is 0.156. The van der Waals surface area contributed by atoms with E-state index in [1.54, 1.807) is 10.4 Å². The van der Waals surface area contributed by atoms with Crippen molar-refractivity contribution in [2.45, 2.75) is 44.4 Å². The zero-order chi connectivity index (χ0) is 14.4.